The highest BCUT2D eigenvalue weighted by molar-refractivity contribution is 5.97. The molecule has 0 unspecified atom stereocenters. The minimum absolute atomic E-state index is 0.00744. The molecule has 2 saturated heterocycles. The lowest BCUT2D eigenvalue weighted by Gasteiger charge is -2.34. The minimum Gasteiger partial charge on any atom is -0.342 e. The van der Waals surface area contributed by atoms with Crippen LogP contribution < -0.4 is 5.32 Å². The summed E-state index contributed by atoms with van der Waals surface area (Å²) < 4.78 is 0. The van der Waals surface area contributed by atoms with E-state index >= 15 is 0 Å². The Morgan fingerprint density at radius 3 is 2.78 bits per heavy atom. The number of carbonyl (C=O) groups is 2. The van der Waals surface area contributed by atoms with Crippen molar-refractivity contribution >= 4 is 11.8 Å². The highest BCUT2D eigenvalue weighted by Crippen LogP contribution is 2.23. The zero-order valence-electron chi connectivity index (χ0n) is 10.1. The first kappa shape index (κ1) is 11.3. The Kier molecular flexibility index (Phi) is 2.78. The lowest BCUT2D eigenvalue weighted by molar-refractivity contribution is -0.146. The molecule has 2 heterocycles. The summed E-state index contributed by atoms with van der Waals surface area (Å²) in [5.41, 5.74) is 1.08. The first-order valence-corrected chi connectivity index (χ1v) is 6.40. The summed E-state index contributed by atoms with van der Waals surface area (Å²) in [7, 11) is 0. The predicted octanol–water partition coefficient (Wildman–Crippen LogP) is 0.718. The van der Waals surface area contributed by atoms with Gasteiger partial charge >= 0.3 is 0 Å². The lowest BCUT2D eigenvalue weighted by atomic mass is 10.0. The van der Waals surface area contributed by atoms with Crippen LogP contribution in [0.2, 0.25) is 0 Å². The summed E-state index contributed by atoms with van der Waals surface area (Å²) in [5, 5.41) is 2.86. The summed E-state index contributed by atoms with van der Waals surface area (Å²) >= 11 is 0. The third-order valence-corrected chi connectivity index (χ3v) is 3.74. The van der Waals surface area contributed by atoms with Crippen molar-refractivity contribution in [2.75, 3.05) is 6.54 Å². The number of nitrogens with one attached hydrogen (secondary N) is 1. The highest BCUT2D eigenvalue weighted by Gasteiger charge is 2.42. The number of rotatable bonds is 2. The largest absolute Gasteiger partial charge is 0.342 e. The van der Waals surface area contributed by atoms with Crippen LogP contribution in [0.1, 0.15) is 18.4 Å². The molecule has 3 rings (SSSR count). The van der Waals surface area contributed by atoms with E-state index < -0.39 is 6.04 Å². The molecule has 0 radical (unpaired) electrons. The molecule has 0 spiro atoms. The second kappa shape index (κ2) is 4.44. The zero-order chi connectivity index (χ0) is 12.5. The molecule has 2 aliphatic heterocycles. The molecule has 18 heavy (non-hydrogen) atoms. The van der Waals surface area contributed by atoms with Crippen molar-refractivity contribution in [3.8, 4) is 0 Å². The van der Waals surface area contributed by atoms with Crippen LogP contribution in [0.5, 0.6) is 0 Å². The maximum Gasteiger partial charge on any atom is 0.246 e. The van der Waals surface area contributed by atoms with Crippen LogP contribution in [0.3, 0.4) is 0 Å². The topological polar surface area (TPSA) is 49.4 Å². The van der Waals surface area contributed by atoms with E-state index in [2.05, 4.69) is 5.32 Å². The number of fused-ring (bicyclic) bond motifs is 1. The first-order chi connectivity index (χ1) is 8.75. The molecule has 0 bridgehead atoms. The standard InChI is InChI=1S/C14H16N2O2/c17-13-12-7-4-8-16(12)14(18)11(15-13)9-10-5-2-1-3-6-10/h1-3,5-6,11-12H,4,7-9H2,(H,15,17)/t11-,12+/m0/s1. The van der Waals surface area contributed by atoms with Gasteiger partial charge in [0.1, 0.15) is 12.1 Å². The van der Waals surface area contributed by atoms with Crippen LogP contribution >= 0.6 is 0 Å². The third kappa shape index (κ3) is 1.88. The van der Waals surface area contributed by atoms with Crippen LogP contribution in [0.25, 0.3) is 0 Å². The zero-order valence-corrected chi connectivity index (χ0v) is 10.1. The summed E-state index contributed by atoms with van der Waals surface area (Å²) in [6.07, 6.45) is 2.31. The predicted molar refractivity (Wildman–Crippen MR) is 66.8 cm³/mol. The summed E-state index contributed by atoms with van der Waals surface area (Å²) in [6, 6.07) is 9.19. The smallest absolute Gasteiger partial charge is 0.246 e. The fourth-order valence-electron chi connectivity index (χ4n) is 2.82. The normalized spacial score (nSPS) is 27.0. The van der Waals surface area contributed by atoms with E-state index in [0.717, 1.165) is 24.9 Å². The molecular weight excluding hydrogens is 228 g/mol. The number of nitrogens with zero attached hydrogens (tertiary/aromatic N) is 1. The number of amides is 2. The number of carbonyl (C=O) groups excluding carboxylic acids is 2. The maximum atomic E-state index is 12.3. The van der Waals surface area contributed by atoms with E-state index in [-0.39, 0.29) is 17.9 Å². The molecule has 2 aliphatic rings. The Hall–Kier alpha value is -1.84. The van der Waals surface area contributed by atoms with Gasteiger partial charge in [-0.05, 0) is 18.4 Å². The Morgan fingerprint density at radius 1 is 1.22 bits per heavy atom. The molecule has 4 nitrogen and oxygen atoms in total. The van der Waals surface area contributed by atoms with E-state index in [1.54, 1.807) is 4.90 Å². The van der Waals surface area contributed by atoms with Crippen molar-refractivity contribution in [1.82, 2.24) is 10.2 Å². The summed E-state index contributed by atoms with van der Waals surface area (Å²) in [5.74, 6) is 0.0778. The molecule has 2 atom stereocenters. The van der Waals surface area contributed by atoms with Gasteiger partial charge in [-0.25, -0.2) is 0 Å². The van der Waals surface area contributed by atoms with Gasteiger partial charge in [-0.15, -0.1) is 0 Å². The Labute approximate surface area is 106 Å². The molecule has 2 amide bonds. The van der Waals surface area contributed by atoms with Crippen molar-refractivity contribution in [1.29, 1.82) is 0 Å². The lowest BCUT2D eigenvalue weighted by Crippen LogP contribution is -2.61. The molecule has 0 saturated carbocycles. The van der Waals surface area contributed by atoms with E-state index in [1.165, 1.54) is 0 Å². The van der Waals surface area contributed by atoms with Crippen LogP contribution in [-0.4, -0.2) is 35.3 Å². The van der Waals surface area contributed by atoms with Crippen molar-refractivity contribution < 1.29 is 9.59 Å². The number of piperazine rings is 1. The van der Waals surface area contributed by atoms with E-state index in [0.29, 0.717) is 6.42 Å². The summed E-state index contributed by atoms with van der Waals surface area (Å²) in [6.45, 7) is 0.724. The van der Waals surface area contributed by atoms with Gasteiger partial charge in [-0.3, -0.25) is 9.59 Å². The molecular formula is C14H16N2O2. The second-order valence-electron chi connectivity index (χ2n) is 4.94. The molecule has 1 aromatic rings. The fourth-order valence-corrected chi connectivity index (χ4v) is 2.82. The molecule has 2 fully saturated rings. The highest BCUT2D eigenvalue weighted by atomic mass is 16.2. The average molecular weight is 244 g/mol. The van der Waals surface area contributed by atoms with Crippen LogP contribution in [-0.2, 0) is 16.0 Å². The average Bonchev–Trinajstić information content (AvgIpc) is 2.87. The van der Waals surface area contributed by atoms with Crippen LogP contribution in [0.4, 0.5) is 0 Å². The SMILES string of the molecule is O=C1N[C@@H](Cc2ccccc2)C(=O)N2CCC[C@H]12. The van der Waals surface area contributed by atoms with Gasteiger partial charge in [-0.2, -0.15) is 0 Å². The molecule has 4 heteroatoms. The van der Waals surface area contributed by atoms with E-state index in [4.69, 9.17) is 0 Å². The van der Waals surface area contributed by atoms with Crippen molar-refractivity contribution in [3.05, 3.63) is 35.9 Å². The van der Waals surface area contributed by atoms with Gasteiger partial charge in [0.25, 0.3) is 0 Å². The van der Waals surface area contributed by atoms with Gasteiger partial charge < -0.3 is 10.2 Å². The fraction of sp³-hybridized carbons (Fsp3) is 0.429. The molecule has 1 aromatic carbocycles. The maximum absolute atomic E-state index is 12.3. The van der Waals surface area contributed by atoms with Gasteiger partial charge in [0.2, 0.25) is 11.8 Å². The van der Waals surface area contributed by atoms with Crippen molar-refractivity contribution in [2.24, 2.45) is 0 Å². The third-order valence-electron chi connectivity index (χ3n) is 3.74. The number of benzene rings is 1. The van der Waals surface area contributed by atoms with Crippen molar-refractivity contribution in [2.45, 2.75) is 31.3 Å². The molecule has 0 aliphatic carbocycles. The Morgan fingerprint density at radius 2 is 2.00 bits per heavy atom. The van der Waals surface area contributed by atoms with Gasteiger partial charge in [0, 0.05) is 13.0 Å². The van der Waals surface area contributed by atoms with E-state index in [9.17, 15) is 9.59 Å². The first-order valence-electron chi connectivity index (χ1n) is 6.40. The molecule has 1 N–H and O–H groups in total. The Bertz CT molecular complexity index is 472. The minimum atomic E-state index is -0.394. The summed E-state index contributed by atoms with van der Waals surface area (Å²) in [4.78, 5) is 25.9. The van der Waals surface area contributed by atoms with Crippen LogP contribution in [0.15, 0.2) is 30.3 Å². The number of hydrogen-bond donors (Lipinski definition) is 1. The van der Waals surface area contributed by atoms with E-state index in [1.807, 2.05) is 30.3 Å². The van der Waals surface area contributed by atoms with Gasteiger partial charge in [0.15, 0.2) is 0 Å². The van der Waals surface area contributed by atoms with Crippen molar-refractivity contribution in [3.63, 3.8) is 0 Å². The monoisotopic (exact) mass is 244 g/mol. The van der Waals surface area contributed by atoms with Crippen LogP contribution in [0, 0.1) is 0 Å². The number of hydrogen-bond acceptors (Lipinski definition) is 2. The molecule has 94 valence electrons. The Balaban J connectivity index is 1.77. The molecule has 0 aromatic heterocycles. The second-order valence-corrected chi connectivity index (χ2v) is 4.94. The quantitative estimate of drug-likeness (QED) is 0.833. The van der Waals surface area contributed by atoms with Gasteiger partial charge in [0.05, 0.1) is 0 Å². The van der Waals surface area contributed by atoms with Gasteiger partial charge in [-0.1, -0.05) is 30.3 Å².